The second-order valence-corrected chi connectivity index (χ2v) is 5.12. The van der Waals surface area contributed by atoms with E-state index in [9.17, 15) is 14.7 Å². The Hall–Kier alpha value is -1.68. The van der Waals surface area contributed by atoms with Gasteiger partial charge in [-0.05, 0) is 18.4 Å². The van der Waals surface area contributed by atoms with Crippen LogP contribution in [0.1, 0.15) is 35.8 Å². The third-order valence-electron chi connectivity index (χ3n) is 4.14. The van der Waals surface area contributed by atoms with Crippen LogP contribution in [0.15, 0.2) is 24.3 Å². The molecule has 1 aliphatic rings. The van der Waals surface area contributed by atoms with Gasteiger partial charge in [-0.2, -0.15) is 0 Å². The molecule has 18 heavy (non-hydrogen) atoms. The summed E-state index contributed by atoms with van der Waals surface area (Å²) in [4.78, 5) is 22.4. The Morgan fingerprint density at radius 1 is 1.50 bits per heavy atom. The van der Waals surface area contributed by atoms with Crippen molar-refractivity contribution >= 4 is 12.3 Å². The molecule has 0 spiro atoms. The summed E-state index contributed by atoms with van der Waals surface area (Å²) in [5.41, 5.74) is 0.710. The summed E-state index contributed by atoms with van der Waals surface area (Å²) < 4.78 is 0. The van der Waals surface area contributed by atoms with Crippen molar-refractivity contribution in [3.8, 4) is 0 Å². The molecule has 0 bridgehead atoms. The molecule has 4 nitrogen and oxygen atoms in total. The number of hydrogen-bond donors (Lipinski definition) is 2. The Kier molecular flexibility index (Phi) is 3.22. The number of rotatable bonds is 3. The van der Waals surface area contributed by atoms with Crippen LogP contribution in [0.3, 0.4) is 0 Å². The first kappa shape index (κ1) is 12.8. The Labute approximate surface area is 106 Å². The first-order valence-corrected chi connectivity index (χ1v) is 6.01. The number of carbonyl (C=O) groups excluding carboxylic acids is 1. The summed E-state index contributed by atoms with van der Waals surface area (Å²) in [6.45, 7) is 4.08. The smallest absolute Gasteiger partial charge is 0.310 e. The Morgan fingerprint density at radius 3 is 2.72 bits per heavy atom. The molecule has 4 heteroatoms. The van der Waals surface area contributed by atoms with E-state index >= 15 is 0 Å². The van der Waals surface area contributed by atoms with Gasteiger partial charge < -0.3 is 10.4 Å². The van der Waals surface area contributed by atoms with Crippen LogP contribution in [0.25, 0.3) is 0 Å². The number of nitrogens with one attached hydrogen (secondary N) is 1. The van der Waals surface area contributed by atoms with E-state index in [1.807, 2.05) is 25.1 Å². The highest BCUT2D eigenvalue weighted by Crippen LogP contribution is 2.42. The average molecular weight is 247 g/mol. The average Bonchev–Trinajstić information content (AvgIpc) is 2.67. The molecular formula is C14H17NO3. The lowest BCUT2D eigenvalue weighted by Gasteiger charge is -2.26. The van der Waals surface area contributed by atoms with E-state index in [0.29, 0.717) is 12.1 Å². The van der Waals surface area contributed by atoms with Gasteiger partial charge in [0.05, 0.1) is 5.41 Å². The maximum atomic E-state index is 11.4. The quantitative estimate of drug-likeness (QED) is 0.800. The van der Waals surface area contributed by atoms with Crippen LogP contribution in [0.5, 0.6) is 0 Å². The minimum Gasteiger partial charge on any atom is -0.481 e. The number of carbonyl (C=O) groups is 2. The highest BCUT2D eigenvalue weighted by Gasteiger charge is 2.48. The normalized spacial score (nSPS) is 31.2. The van der Waals surface area contributed by atoms with Gasteiger partial charge in [0, 0.05) is 18.2 Å². The van der Waals surface area contributed by atoms with Crippen molar-refractivity contribution in [2.24, 2.45) is 11.3 Å². The first-order chi connectivity index (χ1) is 8.50. The second-order valence-electron chi connectivity index (χ2n) is 5.12. The Balaban J connectivity index is 2.37. The van der Waals surface area contributed by atoms with Gasteiger partial charge in [-0.25, -0.2) is 0 Å². The summed E-state index contributed by atoms with van der Waals surface area (Å²) in [7, 11) is 0. The summed E-state index contributed by atoms with van der Waals surface area (Å²) in [6.07, 6.45) is 0.820. The minimum absolute atomic E-state index is 0.0731. The Bertz CT molecular complexity index is 486. The standard InChI is InChI=1S/C14H17NO3/c1-9-12(15-8-14(9,2)13(17)18)11-6-4-3-5-10(11)7-16/h3-7,9,12,15H,8H2,1-2H3,(H,17,18). The number of carboxylic acid groups (broad SMARTS) is 1. The molecule has 1 fully saturated rings. The second kappa shape index (κ2) is 4.53. The van der Waals surface area contributed by atoms with E-state index in [1.54, 1.807) is 13.0 Å². The lowest BCUT2D eigenvalue weighted by molar-refractivity contribution is -0.149. The van der Waals surface area contributed by atoms with Gasteiger partial charge in [0.1, 0.15) is 6.29 Å². The van der Waals surface area contributed by atoms with Crippen LogP contribution in [-0.4, -0.2) is 23.9 Å². The third-order valence-corrected chi connectivity index (χ3v) is 4.14. The fourth-order valence-electron chi connectivity index (χ4n) is 2.58. The maximum absolute atomic E-state index is 11.4. The number of benzene rings is 1. The number of hydrogen-bond acceptors (Lipinski definition) is 3. The zero-order valence-electron chi connectivity index (χ0n) is 10.5. The maximum Gasteiger partial charge on any atom is 0.310 e. The van der Waals surface area contributed by atoms with Gasteiger partial charge in [-0.15, -0.1) is 0 Å². The van der Waals surface area contributed by atoms with E-state index in [1.165, 1.54) is 0 Å². The Morgan fingerprint density at radius 2 is 2.17 bits per heavy atom. The van der Waals surface area contributed by atoms with Gasteiger partial charge in [0.2, 0.25) is 0 Å². The molecule has 0 radical (unpaired) electrons. The van der Waals surface area contributed by atoms with Crippen molar-refractivity contribution < 1.29 is 14.7 Å². The van der Waals surface area contributed by atoms with Crippen molar-refractivity contribution in [2.75, 3.05) is 6.54 Å². The van der Waals surface area contributed by atoms with Gasteiger partial charge in [-0.3, -0.25) is 9.59 Å². The monoisotopic (exact) mass is 247 g/mol. The van der Waals surface area contributed by atoms with E-state index in [-0.39, 0.29) is 12.0 Å². The molecule has 1 aromatic rings. The van der Waals surface area contributed by atoms with Crippen molar-refractivity contribution in [3.63, 3.8) is 0 Å². The zero-order chi connectivity index (χ0) is 13.3. The molecule has 1 heterocycles. The highest BCUT2D eigenvalue weighted by atomic mass is 16.4. The molecule has 1 saturated heterocycles. The van der Waals surface area contributed by atoms with Crippen LogP contribution in [-0.2, 0) is 4.79 Å². The van der Waals surface area contributed by atoms with Crippen LogP contribution in [0, 0.1) is 11.3 Å². The molecule has 2 N–H and O–H groups in total. The van der Waals surface area contributed by atoms with Crippen LogP contribution < -0.4 is 5.32 Å². The number of aldehydes is 1. The SMILES string of the molecule is CC1C(c2ccccc2C=O)NCC1(C)C(=O)O. The molecular weight excluding hydrogens is 230 g/mol. The van der Waals surface area contributed by atoms with Crippen LogP contribution in [0.4, 0.5) is 0 Å². The fourth-order valence-corrected chi connectivity index (χ4v) is 2.58. The highest BCUT2D eigenvalue weighted by molar-refractivity contribution is 5.79. The molecule has 0 amide bonds. The molecule has 3 unspecified atom stereocenters. The molecule has 0 aromatic heterocycles. The molecule has 1 aliphatic heterocycles. The van der Waals surface area contributed by atoms with Crippen molar-refractivity contribution in [1.82, 2.24) is 5.32 Å². The summed E-state index contributed by atoms with van der Waals surface area (Å²) >= 11 is 0. The van der Waals surface area contributed by atoms with Gasteiger partial charge in [-0.1, -0.05) is 31.2 Å². The lowest BCUT2D eigenvalue weighted by Crippen LogP contribution is -2.34. The molecule has 2 rings (SSSR count). The molecule has 1 aromatic carbocycles. The fraction of sp³-hybridized carbons (Fsp3) is 0.429. The number of aliphatic carboxylic acids is 1. The van der Waals surface area contributed by atoms with Gasteiger partial charge >= 0.3 is 5.97 Å². The van der Waals surface area contributed by atoms with Gasteiger partial charge in [0.25, 0.3) is 0 Å². The van der Waals surface area contributed by atoms with Crippen LogP contribution in [0.2, 0.25) is 0 Å². The first-order valence-electron chi connectivity index (χ1n) is 6.01. The summed E-state index contributed by atoms with van der Waals surface area (Å²) in [5.74, 6) is -0.871. The predicted molar refractivity (Wildman–Crippen MR) is 67.5 cm³/mol. The van der Waals surface area contributed by atoms with E-state index in [2.05, 4.69) is 5.32 Å². The largest absolute Gasteiger partial charge is 0.481 e. The molecule has 0 saturated carbocycles. The molecule has 96 valence electrons. The number of carboxylic acids is 1. The van der Waals surface area contributed by atoms with Crippen LogP contribution >= 0.6 is 0 Å². The van der Waals surface area contributed by atoms with Crippen molar-refractivity contribution in [1.29, 1.82) is 0 Å². The summed E-state index contributed by atoms with van der Waals surface area (Å²) in [5, 5.41) is 12.6. The lowest BCUT2D eigenvalue weighted by atomic mass is 9.76. The zero-order valence-corrected chi connectivity index (χ0v) is 10.5. The van der Waals surface area contributed by atoms with E-state index in [0.717, 1.165) is 11.8 Å². The molecule has 0 aliphatic carbocycles. The topological polar surface area (TPSA) is 66.4 Å². The minimum atomic E-state index is -0.798. The third kappa shape index (κ3) is 1.82. The van der Waals surface area contributed by atoms with Gasteiger partial charge in [0.15, 0.2) is 0 Å². The summed E-state index contributed by atoms with van der Waals surface area (Å²) in [6, 6.07) is 7.22. The van der Waals surface area contributed by atoms with Crippen molar-refractivity contribution in [3.05, 3.63) is 35.4 Å². The van der Waals surface area contributed by atoms with Crippen molar-refractivity contribution in [2.45, 2.75) is 19.9 Å². The van der Waals surface area contributed by atoms with E-state index in [4.69, 9.17) is 0 Å². The van der Waals surface area contributed by atoms with E-state index < -0.39 is 11.4 Å². The predicted octanol–water partition coefficient (Wildman–Crippen LogP) is 1.87. The molecule has 3 atom stereocenters.